The Kier molecular flexibility index (Phi) is 7.12. The molecule has 0 amide bonds. The number of hydrogen-bond acceptors (Lipinski definition) is 3. The van der Waals surface area contributed by atoms with Crippen molar-refractivity contribution in [1.29, 1.82) is 0 Å². The van der Waals surface area contributed by atoms with E-state index in [0.29, 0.717) is 11.8 Å². The Labute approximate surface area is 115 Å². The lowest BCUT2D eigenvalue weighted by Gasteiger charge is -2.36. The molecule has 0 bridgehead atoms. The van der Waals surface area contributed by atoms with Gasteiger partial charge in [0.25, 0.3) is 0 Å². The maximum absolute atomic E-state index is 6.00. The van der Waals surface area contributed by atoms with Gasteiger partial charge in [-0.25, -0.2) is 0 Å². The molecule has 0 aromatic heterocycles. The lowest BCUT2D eigenvalue weighted by molar-refractivity contribution is -0.0278. The first-order valence-corrected chi connectivity index (χ1v) is 7.47. The minimum Gasteiger partial charge on any atom is -0.374 e. The van der Waals surface area contributed by atoms with Crippen molar-refractivity contribution in [3.8, 4) is 0 Å². The molecule has 0 radical (unpaired) electrons. The summed E-state index contributed by atoms with van der Waals surface area (Å²) < 4.78 is 5.75. The molecule has 0 aromatic carbocycles. The molecule has 1 aliphatic heterocycles. The van der Waals surface area contributed by atoms with Crippen LogP contribution in [0, 0.1) is 0 Å². The summed E-state index contributed by atoms with van der Waals surface area (Å²) in [6, 6.07) is 0. The van der Waals surface area contributed by atoms with E-state index in [-0.39, 0.29) is 11.6 Å². The average Bonchev–Trinajstić information content (AvgIpc) is 2.41. The van der Waals surface area contributed by atoms with Crippen LogP contribution in [0.25, 0.3) is 0 Å². The lowest BCUT2D eigenvalue weighted by Crippen LogP contribution is -2.54. The van der Waals surface area contributed by atoms with E-state index in [0.717, 1.165) is 39.2 Å². The number of likely N-dealkylation sites (N-methyl/N-ethyl adjacent to an activating group) is 1. The summed E-state index contributed by atoms with van der Waals surface area (Å²) in [5, 5.41) is 3.48. The van der Waals surface area contributed by atoms with Gasteiger partial charge in [-0.05, 0) is 13.0 Å². The third-order valence-corrected chi connectivity index (χ3v) is 4.59. The predicted octanol–water partition coefficient (Wildman–Crippen LogP) is 1.92. The fourth-order valence-electron chi connectivity index (χ4n) is 1.97. The van der Waals surface area contributed by atoms with Crippen molar-refractivity contribution in [2.24, 2.45) is 0 Å². The molecule has 5 heteroatoms. The fraction of sp³-hybridized carbons (Fsp3) is 1.00. The number of ether oxygens (including phenoxy) is 1. The molecule has 1 N–H and O–H groups in total. The molecule has 1 fully saturated rings. The molecular weight excluding hydrogens is 259 g/mol. The molecule has 1 aliphatic rings. The molecule has 1 rings (SSSR count). The van der Waals surface area contributed by atoms with Crippen molar-refractivity contribution in [3.05, 3.63) is 0 Å². The molecular formula is C12H24Cl2N2O. The number of alkyl halides is 2. The first-order chi connectivity index (χ1) is 8.19. The molecule has 0 spiro atoms. The molecule has 1 atom stereocenters. The Morgan fingerprint density at radius 3 is 2.59 bits per heavy atom. The van der Waals surface area contributed by atoms with E-state index >= 15 is 0 Å². The summed E-state index contributed by atoms with van der Waals surface area (Å²) in [7, 11) is 0. The molecule has 0 saturated carbocycles. The van der Waals surface area contributed by atoms with Crippen molar-refractivity contribution in [3.63, 3.8) is 0 Å². The summed E-state index contributed by atoms with van der Waals surface area (Å²) in [5.74, 6) is 1.08. The number of nitrogens with zero attached hydrogens (tertiary/aromatic N) is 1. The Bertz CT molecular complexity index is 204. The topological polar surface area (TPSA) is 24.5 Å². The average molecular weight is 283 g/mol. The van der Waals surface area contributed by atoms with Crippen molar-refractivity contribution in [1.82, 2.24) is 10.2 Å². The van der Waals surface area contributed by atoms with Gasteiger partial charge in [0.05, 0.1) is 12.7 Å². The number of nitrogens with one attached hydrogen (secondary N) is 1. The molecule has 1 heterocycles. The number of morpholine rings is 1. The van der Waals surface area contributed by atoms with E-state index in [9.17, 15) is 0 Å². The third-order valence-electron chi connectivity index (χ3n) is 3.56. The van der Waals surface area contributed by atoms with E-state index in [1.165, 1.54) is 0 Å². The summed E-state index contributed by atoms with van der Waals surface area (Å²) >= 11 is 12.0. The maximum Gasteiger partial charge on any atom is 0.0826 e. The van der Waals surface area contributed by atoms with Crippen molar-refractivity contribution in [2.45, 2.75) is 31.9 Å². The van der Waals surface area contributed by atoms with Gasteiger partial charge in [-0.3, -0.25) is 4.90 Å². The zero-order valence-corrected chi connectivity index (χ0v) is 12.4. The molecule has 0 aromatic rings. The Balaban J connectivity index is 2.38. The van der Waals surface area contributed by atoms with Gasteiger partial charge in [-0.2, -0.15) is 0 Å². The van der Waals surface area contributed by atoms with Gasteiger partial charge in [-0.1, -0.05) is 13.8 Å². The lowest BCUT2D eigenvalue weighted by atomic mass is 10.0. The van der Waals surface area contributed by atoms with Gasteiger partial charge in [0, 0.05) is 36.9 Å². The quantitative estimate of drug-likeness (QED) is 0.723. The largest absolute Gasteiger partial charge is 0.374 e. The zero-order chi connectivity index (χ0) is 12.7. The Hall–Kier alpha value is 0.460. The first-order valence-electron chi connectivity index (χ1n) is 6.40. The van der Waals surface area contributed by atoms with Gasteiger partial charge < -0.3 is 10.1 Å². The maximum atomic E-state index is 6.00. The van der Waals surface area contributed by atoms with E-state index < -0.39 is 0 Å². The van der Waals surface area contributed by atoms with Crippen LogP contribution < -0.4 is 5.32 Å². The molecule has 1 saturated heterocycles. The van der Waals surface area contributed by atoms with Gasteiger partial charge in [0.1, 0.15) is 0 Å². The highest BCUT2D eigenvalue weighted by Gasteiger charge is 2.28. The van der Waals surface area contributed by atoms with Crippen molar-refractivity contribution in [2.75, 3.05) is 44.5 Å². The van der Waals surface area contributed by atoms with Crippen molar-refractivity contribution >= 4 is 23.2 Å². The molecule has 1 unspecified atom stereocenters. The van der Waals surface area contributed by atoms with Crippen LogP contribution in [0.4, 0.5) is 0 Å². The molecule has 102 valence electrons. The van der Waals surface area contributed by atoms with E-state index in [1.807, 2.05) is 0 Å². The highest BCUT2D eigenvalue weighted by molar-refractivity contribution is 6.22. The van der Waals surface area contributed by atoms with Gasteiger partial charge in [0.2, 0.25) is 0 Å². The standard InChI is InChI=1S/C12H24Cl2N2O/c1-3-12(9-13,10-14)15-7-11-8-16(4-2)5-6-17-11/h11,15H,3-10H2,1-2H3. The minimum atomic E-state index is -0.152. The summed E-state index contributed by atoms with van der Waals surface area (Å²) in [6.07, 6.45) is 1.19. The number of rotatable bonds is 7. The van der Waals surface area contributed by atoms with Crippen LogP contribution in [-0.2, 0) is 4.74 Å². The van der Waals surface area contributed by atoms with E-state index in [2.05, 4.69) is 24.1 Å². The van der Waals surface area contributed by atoms with Gasteiger partial charge >= 0.3 is 0 Å². The summed E-state index contributed by atoms with van der Waals surface area (Å²) in [4.78, 5) is 2.41. The normalized spacial score (nSPS) is 22.9. The molecule has 3 nitrogen and oxygen atoms in total. The van der Waals surface area contributed by atoms with Crippen LogP contribution in [0.15, 0.2) is 0 Å². The SMILES string of the molecule is CCN1CCOC(CNC(CC)(CCl)CCl)C1. The second kappa shape index (κ2) is 7.80. The van der Waals surface area contributed by atoms with Crippen molar-refractivity contribution < 1.29 is 4.74 Å². The highest BCUT2D eigenvalue weighted by atomic mass is 35.5. The second-order valence-electron chi connectivity index (χ2n) is 4.67. The van der Waals surface area contributed by atoms with Gasteiger partial charge in [0.15, 0.2) is 0 Å². The first kappa shape index (κ1) is 15.5. The third kappa shape index (κ3) is 4.56. The van der Waals surface area contributed by atoms with Crippen LogP contribution in [-0.4, -0.2) is 61.1 Å². The Morgan fingerprint density at radius 1 is 1.35 bits per heavy atom. The van der Waals surface area contributed by atoms with Crippen LogP contribution in [0.5, 0.6) is 0 Å². The monoisotopic (exact) mass is 282 g/mol. The van der Waals surface area contributed by atoms with Crippen LogP contribution in [0.2, 0.25) is 0 Å². The number of hydrogen-bond donors (Lipinski definition) is 1. The van der Waals surface area contributed by atoms with Gasteiger partial charge in [-0.15, -0.1) is 23.2 Å². The minimum absolute atomic E-state index is 0.152. The summed E-state index contributed by atoms with van der Waals surface area (Å²) in [5.41, 5.74) is -0.152. The Morgan fingerprint density at radius 2 is 2.06 bits per heavy atom. The predicted molar refractivity (Wildman–Crippen MR) is 74.3 cm³/mol. The van der Waals surface area contributed by atoms with Crippen LogP contribution in [0.1, 0.15) is 20.3 Å². The second-order valence-corrected chi connectivity index (χ2v) is 5.20. The van der Waals surface area contributed by atoms with Crippen LogP contribution >= 0.6 is 23.2 Å². The fourth-order valence-corrected chi connectivity index (χ4v) is 2.82. The molecule has 0 aliphatic carbocycles. The van der Waals surface area contributed by atoms with E-state index in [4.69, 9.17) is 27.9 Å². The summed E-state index contributed by atoms with van der Waals surface area (Å²) in [6.45, 7) is 9.06. The zero-order valence-electron chi connectivity index (χ0n) is 10.8. The van der Waals surface area contributed by atoms with E-state index in [1.54, 1.807) is 0 Å². The molecule has 17 heavy (non-hydrogen) atoms. The highest BCUT2D eigenvalue weighted by Crippen LogP contribution is 2.15. The number of halogens is 2. The smallest absolute Gasteiger partial charge is 0.0826 e. The van der Waals surface area contributed by atoms with Crippen LogP contribution in [0.3, 0.4) is 0 Å².